The second-order valence-corrected chi connectivity index (χ2v) is 8.07. The van der Waals surface area contributed by atoms with E-state index >= 15 is 0 Å². The van der Waals surface area contributed by atoms with Crippen LogP contribution >= 0.6 is 23.2 Å². The number of pyridine rings is 1. The quantitative estimate of drug-likeness (QED) is 0.384. The van der Waals surface area contributed by atoms with Crippen molar-refractivity contribution in [2.75, 3.05) is 0 Å². The number of aromatic nitrogens is 4. The molecule has 5 nitrogen and oxygen atoms in total. The number of H-pyrrole nitrogens is 1. The van der Waals surface area contributed by atoms with Gasteiger partial charge in [0.15, 0.2) is 0 Å². The molecule has 0 aliphatic carbocycles. The summed E-state index contributed by atoms with van der Waals surface area (Å²) in [7, 11) is 1.76. The lowest BCUT2D eigenvalue weighted by atomic mass is 10.0. The smallest absolute Gasteiger partial charge is 0.259 e. The van der Waals surface area contributed by atoms with Gasteiger partial charge in [0.05, 0.1) is 10.7 Å². The first kappa shape index (κ1) is 19.0. The summed E-state index contributed by atoms with van der Waals surface area (Å²) in [5.41, 5.74) is 4.94. The molecular weight excluding hydrogens is 419 g/mol. The normalized spacial score (nSPS) is 11.6. The van der Waals surface area contributed by atoms with Crippen LogP contribution in [-0.2, 0) is 13.6 Å². The third kappa shape index (κ3) is 2.85. The van der Waals surface area contributed by atoms with Gasteiger partial charge in [-0.05, 0) is 43.3 Å². The summed E-state index contributed by atoms with van der Waals surface area (Å²) in [6.07, 6.45) is 1.81. The van der Waals surface area contributed by atoms with E-state index < -0.39 is 0 Å². The van der Waals surface area contributed by atoms with E-state index in [0.29, 0.717) is 21.2 Å². The first-order valence-corrected chi connectivity index (χ1v) is 10.4. The zero-order valence-electron chi connectivity index (χ0n) is 16.4. The average Bonchev–Trinajstić information content (AvgIpc) is 3.35. The number of rotatable bonds is 3. The fourth-order valence-corrected chi connectivity index (χ4v) is 4.50. The minimum atomic E-state index is -0.123. The Morgan fingerprint density at radius 2 is 1.83 bits per heavy atom. The number of benzene rings is 2. The van der Waals surface area contributed by atoms with Gasteiger partial charge in [-0.25, -0.2) is 0 Å². The maximum Gasteiger partial charge on any atom is 0.259 e. The Morgan fingerprint density at radius 3 is 2.60 bits per heavy atom. The van der Waals surface area contributed by atoms with Gasteiger partial charge in [0.2, 0.25) is 0 Å². The van der Waals surface area contributed by atoms with Crippen LogP contribution in [0.1, 0.15) is 6.92 Å². The van der Waals surface area contributed by atoms with Crippen LogP contribution in [0.25, 0.3) is 44.3 Å². The molecular formula is C23H18Cl2N4O. The van der Waals surface area contributed by atoms with Crippen molar-refractivity contribution in [3.63, 3.8) is 0 Å². The summed E-state index contributed by atoms with van der Waals surface area (Å²) in [5, 5.41) is 7.35. The SMILES string of the molecule is CCn1nccc1-c1ccc2[nH]c3c(cc(-c4ccc(Cl)cc4Cl)c(=O)n3C)c2c1. The molecule has 30 heavy (non-hydrogen) atoms. The van der Waals surface area contributed by atoms with E-state index in [1.54, 1.807) is 29.8 Å². The lowest BCUT2D eigenvalue weighted by Gasteiger charge is -2.08. The van der Waals surface area contributed by atoms with Gasteiger partial charge in [0.1, 0.15) is 5.65 Å². The molecule has 0 saturated heterocycles. The molecule has 0 aliphatic rings. The summed E-state index contributed by atoms with van der Waals surface area (Å²) < 4.78 is 3.59. The summed E-state index contributed by atoms with van der Waals surface area (Å²) in [4.78, 5) is 16.5. The molecule has 7 heteroatoms. The Balaban J connectivity index is 1.81. The number of halogens is 2. The molecule has 0 fully saturated rings. The Hall–Kier alpha value is -3.02. The van der Waals surface area contributed by atoms with Crippen LogP contribution in [0.3, 0.4) is 0 Å². The first-order valence-electron chi connectivity index (χ1n) is 9.61. The van der Waals surface area contributed by atoms with Gasteiger partial charge in [-0.3, -0.25) is 14.0 Å². The van der Waals surface area contributed by atoms with Gasteiger partial charge < -0.3 is 4.98 Å². The number of nitrogens with zero attached hydrogens (tertiary/aromatic N) is 3. The number of hydrogen-bond donors (Lipinski definition) is 1. The minimum absolute atomic E-state index is 0.123. The van der Waals surface area contributed by atoms with Gasteiger partial charge in [0, 0.05) is 57.8 Å². The zero-order chi connectivity index (χ0) is 21.0. The predicted molar refractivity (Wildman–Crippen MR) is 123 cm³/mol. The average molecular weight is 437 g/mol. The molecule has 0 radical (unpaired) electrons. The maximum atomic E-state index is 13.1. The second kappa shape index (κ2) is 7.04. The number of nitrogens with one attached hydrogen (secondary N) is 1. The van der Waals surface area contributed by atoms with Crippen molar-refractivity contribution < 1.29 is 0 Å². The molecule has 0 spiro atoms. The Morgan fingerprint density at radius 1 is 1.00 bits per heavy atom. The summed E-state index contributed by atoms with van der Waals surface area (Å²) >= 11 is 12.5. The van der Waals surface area contributed by atoms with Gasteiger partial charge >= 0.3 is 0 Å². The highest BCUT2D eigenvalue weighted by atomic mass is 35.5. The van der Waals surface area contributed by atoms with Crippen LogP contribution in [0.15, 0.2) is 59.5 Å². The first-order chi connectivity index (χ1) is 14.5. The number of hydrogen-bond acceptors (Lipinski definition) is 2. The standard InChI is InChI=1S/C23H18Cl2N4O/c1-3-29-21(8-9-26-29)13-4-7-20-16(10-13)17-12-18(23(30)28(2)22(17)27-20)15-6-5-14(24)11-19(15)25/h4-12,27H,3H2,1-2H3. The molecule has 1 N–H and O–H groups in total. The highest BCUT2D eigenvalue weighted by Crippen LogP contribution is 2.34. The van der Waals surface area contributed by atoms with Crippen LogP contribution < -0.4 is 5.56 Å². The van der Waals surface area contributed by atoms with Crippen LogP contribution in [-0.4, -0.2) is 19.3 Å². The molecule has 0 saturated carbocycles. The second-order valence-electron chi connectivity index (χ2n) is 7.23. The van der Waals surface area contributed by atoms with Crippen molar-refractivity contribution in [1.82, 2.24) is 19.3 Å². The summed E-state index contributed by atoms with van der Waals surface area (Å²) in [5.74, 6) is 0. The maximum absolute atomic E-state index is 13.1. The molecule has 0 aliphatic heterocycles. The topological polar surface area (TPSA) is 55.6 Å². The van der Waals surface area contributed by atoms with Crippen LogP contribution in [0.4, 0.5) is 0 Å². The van der Waals surface area contributed by atoms with Crippen molar-refractivity contribution >= 4 is 45.1 Å². The zero-order valence-corrected chi connectivity index (χ0v) is 17.9. The van der Waals surface area contributed by atoms with E-state index in [9.17, 15) is 4.79 Å². The van der Waals surface area contributed by atoms with Crippen LogP contribution in [0.2, 0.25) is 10.0 Å². The van der Waals surface area contributed by atoms with Crippen LogP contribution in [0, 0.1) is 0 Å². The van der Waals surface area contributed by atoms with Gasteiger partial charge in [-0.2, -0.15) is 5.10 Å². The highest BCUT2D eigenvalue weighted by molar-refractivity contribution is 6.36. The Kier molecular flexibility index (Phi) is 4.45. The largest absolute Gasteiger partial charge is 0.341 e. The number of aryl methyl sites for hydroxylation is 2. The van der Waals surface area contributed by atoms with E-state index in [-0.39, 0.29) is 5.56 Å². The molecule has 5 rings (SSSR count). The van der Waals surface area contributed by atoms with Crippen molar-refractivity contribution in [3.05, 3.63) is 75.1 Å². The molecule has 0 bridgehead atoms. The van der Waals surface area contributed by atoms with E-state index in [4.69, 9.17) is 23.2 Å². The van der Waals surface area contributed by atoms with Gasteiger partial charge in [0.25, 0.3) is 5.56 Å². The van der Waals surface area contributed by atoms with E-state index in [0.717, 1.165) is 39.7 Å². The van der Waals surface area contributed by atoms with Crippen molar-refractivity contribution in [3.8, 4) is 22.4 Å². The molecule has 0 atom stereocenters. The highest BCUT2D eigenvalue weighted by Gasteiger charge is 2.16. The summed E-state index contributed by atoms with van der Waals surface area (Å²) in [6, 6.07) is 15.3. The lowest BCUT2D eigenvalue weighted by molar-refractivity contribution is 0.667. The minimum Gasteiger partial charge on any atom is -0.341 e. The molecule has 0 unspecified atom stereocenters. The van der Waals surface area contributed by atoms with Gasteiger partial charge in [-0.1, -0.05) is 35.3 Å². The monoisotopic (exact) mass is 436 g/mol. The van der Waals surface area contributed by atoms with E-state index in [2.05, 4.69) is 29.1 Å². The third-order valence-electron chi connectivity index (χ3n) is 5.51. The lowest BCUT2D eigenvalue weighted by Crippen LogP contribution is -2.19. The number of aromatic amines is 1. The fourth-order valence-electron chi connectivity index (χ4n) is 3.99. The third-order valence-corrected chi connectivity index (χ3v) is 6.06. The van der Waals surface area contributed by atoms with E-state index in [1.165, 1.54) is 0 Å². The van der Waals surface area contributed by atoms with Gasteiger partial charge in [-0.15, -0.1) is 0 Å². The number of fused-ring (bicyclic) bond motifs is 3. The Labute approximate surface area is 182 Å². The molecule has 2 aromatic carbocycles. The fraction of sp³-hybridized carbons (Fsp3) is 0.130. The Bertz CT molecular complexity index is 1490. The van der Waals surface area contributed by atoms with Crippen LogP contribution in [0.5, 0.6) is 0 Å². The molecule has 5 aromatic rings. The molecule has 0 amide bonds. The predicted octanol–water partition coefficient (Wildman–Crippen LogP) is 5.88. The van der Waals surface area contributed by atoms with Crippen molar-refractivity contribution in [1.29, 1.82) is 0 Å². The molecule has 3 heterocycles. The van der Waals surface area contributed by atoms with E-state index in [1.807, 2.05) is 29.1 Å². The van der Waals surface area contributed by atoms with Crippen molar-refractivity contribution in [2.45, 2.75) is 13.5 Å². The molecule has 3 aromatic heterocycles. The molecule has 150 valence electrons. The summed E-state index contributed by atoms with van der Waals surface area (Å²) in [6.45, 7) is 2.86. The van der Waals surface area contributed by atoms with Crippen molar-refractivity contribution in [2.24, 2.45) is 7.05 Å².